The first-order valence-corrected chi connectivity index (χ1v) is 38.9. The Hall–Kier alpha value is -6.49. The van der Waals surface area contributed by atoms with Gasteiger partial charge in [-0.1, -0.05) is 54.0 Å². The van der Waals surface area contributed by atoms with Gasteiger partial charge in [-0.15, -0.1) is 0 Å². The van der Waals surface area contributed by atoms with Crippen LogP contribution >= 0.6 is 39.1 Å². The zero-order chi connectivity index (χ0) is 78.1. The fourth-order valence-electron chi connectivity index (χ4n) is 10.5. The second kappa shape index (κ2) is 50.8. The predicted octanol–water partition coefficient (Wildman–Crippen LogP) is -2.78. The number of carbonyl (C=O) groups excluding carboxylic acids is 3. The number of aromatic nitrogens is 12. The zero-order valence-corrected chi connectivity index (χ0v) is 71.7. The van der Waals surface area contributed by atoms with Gasteiger partial charge in [0.2, 0.25) is 5.91 Å². The predicted molar refractivity (Wildman–Crippen MR) is 407 cm³/mol. The van der Waals surface area contributed by atoms with Crippen molar-refractivity contribution in [2.45, 2.75) is 91.3 Å². The number of carboxylic acids is 1. The molecule has 0 spiro atoms. The third-order valence-electron chi connectivity index (χ3n) is 14.9. The molecule has 0 atom stereocenters. The molecule has 12 rings (SSSR count). The number of fused-ring (bicyclic) bond motifs is 4. The number of piperazine rings is 2. The number of carboxylic acid groups (broad SMARTS) is 1. The molecule has 600 valence electrons. The van der Waals surface area contributed by atoms with Gasteiger partial charge in [0.05, 0.1) is 36.0 Å². The Bertz CT molecular complexity index is 5150. The standard InChI is InChI=1S/C20H22ClN5O4S.C11H12BrN3O2.C11H15ClN2.C11H13N3O5S.C9H9N3O5S.2CH4.FH.Li.2Na.O3S.2H2O/c1-14-11-15(4-5-17(14)21)24-7-9-25(10-8-24)19(27)12-26-20-16(3-2-6-22-20)18(23-26)13-31(28,29)30;1-2-17-10(16)7-15-11-8(4-3-5-13-11)9(6-12)14-15;1-9-8-10(2-3-11(9)12)14-6-4-13-5-7-14;1-2-19-10(15)6-14-11-8(4-3-5-12-11)9(13-14)7-20(16,17)18;13-8(14)4-12-9-6(2-1-3-10-9)7(11-12)5-18(15,16)17;;;;;;;1-4(2)3;;/h2-6,11H,7-10,12-13H2,1H3,(H,28,29,30);3-5H,2,6-7H2,1H3;2-3,8,13H,4-7H2,1H3;3-5H,2,6-7H2,1H3,(H,16,17,18);1-3H,4-5H2,(H,13,14)(H,15,16,17);2*1H4;1H;;;;;2*1H2/q;;;;;;;;3*+1;-2;;/p-1/i;;;;;1D;;;;;;;;. The van der Waals surface area contributed by atoms with Crippen LogP contribution in [0, 0.1) is 13.8 Å². The number of hydrogen-bond acceptors (Lipinski definition) is 28. The van der Waals surface area contributed by atoms with Crippen molar-refractivity contribution >= 4 is 160 Å². The maximum atomic E-state index is 12.9. The fourth-order valence-corrected chi connectivity index (χ4v) is 12.8. The smallest absolute Gasteiger partial charge is 0.917 e. The van der Waals surface area contributed by atoms with Crippen LogP contribution in [0.25, 0.3) is 44.1 Å². The van der Waals surface area contributed by atoms with Crippen LogP contribution < -0.4 is 93.1 Å². The molecule has 48 heteroatoms. The molecule has 10 aromatic rings. The summed E-state index contributed by atoms with van der Waals surface area (Å²) >= 11 is 15.5. The molecule has 37 nitrogen and oxygen atoms in total. The van der Waals surface area contributed by atoms with Crippen LogP contribution in [0.5, 0.6) is 0 Å². The maximum Gasteiger partial charge on any atom is 1.00 e. The van der Waals surface area contributed by atoms with Gasteiger partial charge < -0.3 is 58.5 Å². The molecule has 0 saturated carbocycles. The topological polar surface area (TPSA) is 533 Å². The molecule has 112 heavy (non-hydrogen) atoms. The Morgan fingerprint density at radius 3 is 1.17 bits per heavy atom. The van der Waals surface area contributed by atoms with E-state index in [9.17, 15) is 49.0 Å². The number of amides is 1. The summed E-state index contributed by atoms with van der Waals surface area (Å²) in [5.41, 5.74) is 7.51. The summed E-state index contributed by atoms with van der Waals surface area (Å²) < 4.78 is 139. The first-order valence-electron chi connectivity index (χ1n) is 32.2. The van der Waals surface area contributed by atoms with Crippen LogP contribution in [0.1, 0.15) is 64.0 Å². The summed E-state index contributed by atoms with van der Waals surface area (Å²) in [5, 5.41) is 33.0. The second-order valence-corrected chi connectivity index (χ2v) is 28.5. The summed E-state index contributed by atoms with van der Waals surface area (Å²) in [6.07, 6.45) is 6.18. The van der Waals surface area contributed by atoms with Crippen LogP contribution in [0.15, 0.2) is 110 Å². The molecule has 2 saturated heterocycles. The van der Waals surface area contributed by atoms with Crippen molar-refractivity contribution in [3.05, 3.63) is 154 Å². The van der Waals surface area contributed by atoms with Gasteiger partial charge >= 0.3 is 95.9 Å². The van der Waals surface area contributed by atoms with Crippen molar-refractivity contribution < 1.29 is 181 Å². The van der Waals surface area contributed by atoms with E-state index < -0.39 is 77.1 Å². The van der Waals surface area contributed by atoms with Crippen molar-refractivity contribution in [1.29, 1.82) is 0 Å². The summed E-state index contributed by atoms with van der Waals surface area (Å²) in [4.78, 5) is 69.3. The number of anilines is 2. The van der Waals surface area contributed by atoms with Crippen LogP contribution in [-0.4, -0.2) is 213 Å². The molecule has 0 unspecified atom stereocenters. The summed E-state index contributed by atoms with van der Waals surface area (Å²) in [6, 6.07) is 25.6. The molecule has 0 aliphatic carbocycles. The van der Waals surface area contributed by atoms with Gasteiger partial charge in [-0.25, -0.2) is 38.7 Å². The Morgan fingerprint density at radius 1 is 0.562 bits per heavy atom. The zero-order valence-electron chi connectivity index (χ0n) is 62.4. The first kappa shape index (κ1) is 106. The molecule has 10 heterocycles. The van der Waals surface area contributed by atoms with E-state index >= 15 is 0 Å². The van der Waals surface area contributed by atoms with Crippen LogP contribution in [-0.2, 0) is 127 Å². The number of aryl methyl sites for hydroxylation is 2. The second-order valence-electron chi connectivity index (χ2n) is 22.4. The monoisotopic (exact) mass is 1760 g/mol. The minimum atomic E-state index is -4.26. The SMILES string of the molecule is C.CCOC(=O)Cn1nc(CBr)c2cccnc21.CCOC(=O)Cn1nc(CS(=O)(=O)O)c2cccnc21.Cc1cc(N2CCN(C(=O)Cn3nc(CS(=O)(=O)O)c4cccnc43)CC2)ccc1Cl.Cc1cc(N2CCNCC2)ccc1Cl.F.O.O=C(O)Cn1nc(CS(=O)(=O)O)c2cccnc21.O=[S-](=O)[O-].[2H]C.[Li+].[Na+].[Na+].[OH-]. The van der Waals surface area contributed by atoms with E-state index in [1.165, 1.54) is 34.8 Å². The molecule has 8 N–H and O–H groups in total. The van der Waals surface area contributed by atoms with E-state index in [4.69, 9.17) is 61.2 Å². The molecule has 2 aromatic carbocycles. The van der Waals surface area contributed by atoms with Gasteiger partial charge in [0.25, 0.3) is 30.4 Å². The number of hydrogen-bond donors (Lipinski definition) is 5. The number of nitrogens with one attached hydrogen (secondary N) is 1. The molecule has 2 fully saturated rings. The summed E-state index contributed by atoms with van der Waals surface area (Å²) in [7, 11) is -14.6. The number of alkyl halides is 1. The quantitative estimate of drug-likeness (QED) is 0.0137. The number of rotatable bonds is 19. The molecular weight excluding hydrogens is 1680 g/mol. The van der Waals surface area contributed by atoms with Crippen molar-refractivity contribution in [3.8, 4) is 0 Å². The van der Waals surface area contributed by atoms with E-state index in [1.807, 2.05) is 50.2 Å². The number of carbonyl (C=O) groups is 4. The maximum absolute atomic E-state index is 12.9. The normalized spacial score (nSPS) is 12.3. The van der Waals surface area contributed by atoms with Gasteiger partial charge in [-0.2, -0.15) is 56.6 Å². The first-order chi connectivity index (χ1) is 50.2. The number of esters is 2. The van der Waals surface area contributed by atoms with E-state index in [-0.39, 0.29) is 162 Å². The largest absolute Gasteiger partial charge is 1.00 e. The Balaban J connectivity index is 0. The average Bonchev–Trinajstić information content (AvgIpc) is 1.68. The van der Waals surface area contributed by atoms with Crippen molar-refractivity contribution in [1.82, 2.24) is 69.3 Å². The van der Waals surface area contributed by atoms with Gasteiger partial charge in [0.15, 0.2) is 22.6 Å². The Morgan fingerprint density at radius 2 is 0.866 bits per heavy atom. The Kier molecular flexibility index (Phi) is 47.8. The minimum absolute atomic E-state index is 0. The average molecular weight is 1760 g/mol. The van der Waals surface area contributed by atoms with E-state index in [2.05, 4.69) is 83.5 Å². The van der Waals surface area contributed by atoms with Crippen molar-refractivity contribution in [3.63, 3.8) is 0 Å². The van der Waals surface area contributed by atoms with Gasteiger partial charge in [-0.3, -0.25) is 37.5 Å². The third-order valence-corrected chi connectivity index (χ3v) is 18.2. The van der Waals surface area contributed by atoms with Crippen LogP contribution in [0.3, 0.4) is 0 Å². The van der Waals surface area contributed by atoms with Crippen molar-refractivity contribution in [2.75, 3.05) is 75.4 Å². The minimum Gasteiger partial charge on any atom is -0.917 e. The van der Waals surface area contributed by atoms with Crippen LogP contribution in [0.4, 0.5) is 16.1 Å². The molecule has 8 aromatic heterocycles. The molecule has 2 aliphatic rings. The third kappa shape index (κ3) is 33.4. The van der Waals surface area contributed by atoms with Gasteiger partial charge in [0.1, 0.15) is 43.4 Å². The van der Waals surface area contributed by atoms with E-state index in [0.717, 1.165) is 68.8 Å². The fraction of sp³-hybridized carbons (Fsp3) is 0.375. The van der Waals surface area contributed by atoms with E-state index in [0.29, 0.717) is 71.2 Å². The van der Waals surface area contributed by atoms with Gasteiger partial charge in [-0.05, 0) is 124 Å². The summed E-state index contributed by atoms with van der Waals surface area (Å²) in [6.45, 7) is 14.3. The van der Waals surface area contributed by atoms with E-state index in [1.54, 1.807) is 72.2 Å². The van der Waals surface area contributed by atoms with Gasteiger partial charge in [0, 0.05) is 127 Å². The number of ether oxygens (including phenoxy) is 2. The van der Waals surface area contributed by atoms with Crippen LogP contribution in [0.2, 0.25) is 10.0 Å². The number of nitrogens with zero attached hydrogens (tertiary/aromatic N) is 15. The molecule has 0 bridgehead atoms. The number of pyridine rings is 4. The number of halogens is 4. The number of benzene rings is 2. The molecule has 1 amide bonds. The Labute approximate surface area is 723 Å². The molecular formula is C64H83BrCl2FLiN16Na2O21S4. The van der Waals surface area contributed by atoms with Crippen molar-refractivity contribution in [2.24, 2.45) is 0 Å². The number of aliphatic carboxylic acids is 1. The molecule has 2 aliphatic heterocycles. The molecule has 0 radical (unpaired) electrons. The summed E-state index contributed by atoms with van der Waals surface area (Å²) in [5.74, 6) is -3.99.